The smallest absolute Gasteiger partial charge is 0.168 e. The van der Waals surface area contributed by atoms with Crippen LogP contribution >= 0.6 is 0 Å². The van der Waals surface area contributed by atoms with Gasteiger partial charge < -0.3 is 4.90 Å². The molecule has 6 heteroatoms. The van der Waals surface area contributed by atoms with E-state index >= 15 is 0 Å². The van der Waals surface area contributed by atoms with Gasteiger partial charge in [-0.2, -0.15) is 5.10 Å². The van der Waals surface area contributed by atoms with Crippen molar-refractivity contribution in [1.29, 1.82) is 0 Å². The summed E-state index contributed by atoms with van der Waals surface area (Å²) >= 11 is 0. The van der Waals surface area contributed by atoms with Crippen LogP contribution < -0.4 is 4.90 Å². The lowest BCUT2D eigenvalue weighted by molar-refractivity contribution is 0.213. The van der Waals surface area contributed by atoms with Gasteiger partial charge >= 0.3 is 0 Å². The lowest BCUT2D eigenvalue weighted by atomic mass is 9.92. The van der Waals surface area contributed by atoms with Gasteiger partial charge in [0.2, 0.25) is 0 Å². The van der Waals surface area contributed by atoms with E-state index in [4.69, 9.17) is 4.98 Å². The maximum atomic E-state index is 4.71. The Labute approximate surface area is 221 Å². The van der Waals surface area contributed by atoms with Crippen molar-refractivity contribution in [3.63, 3.8) is 0 Å². The Balaban J connectivity index is 1.20. The molecule has 0 radical (unpaired) electrons. The Morgan fingerprint density at radius 1 is 0.632 bits per heavy atom. The molecule has 1 aliphatic rings. The minimum Gasteiger partial charge on any atom is -0.353 e. The minimum absolute atomic E-state index is 0.190. The van der Waals surface area contributed by atoms with Crippen molar-refractivity contribution >= 4 is 27.6 Å². The lowest BCUT2D eigenvalue weighted by Crippen LogP contribution is -2.48. The van der Waals surface area contributed by atoms with E-state index in [9.17, 15) is 0 Å². The van der Waals surface area contributed by atoms with Gasteiger partial charge in [0.05, 0.1) is 23.3 Å². The van der Waals surface area contributed by atoms with E-state index in [0.29, 0.717) is 0 Å². The van der Waals surface area contributed by atoms with Crippen molar-refractivity contribution in [1.82, 2.24) is 24.6 Å². The molecule has 1 saturated heterocycles. The number of hydrogen-bond donors (Lipinski definition) is 0. The molecule has 0 N–H and O–H groups in total. The van der Waals surface area contributed by atoms with Crippen molar-refractivity contribution < 1.29 is 0 Å². The predicted octanol–water partition coefficient (Wildman–Crippen LogP) is 5.88. The van der Waals surface area contributed by atoms with Gasteiger partial charge in [0.1, 0.15) is 12.1 Å². The lowest BCUT2D eigenvalue weighted by Gasteiger charge is -2.40. The molecule has 0 bridgehead atoms. The van der Waals surface area contributed by atoms with Crippen LogP contribution in [0.3, 0.4) is 0 Å². The van der Waals surface area contributed by atoms with Crippen LogP contribution in [0, 0.1) is 0 Å². The molecule has 1 aliphatic heterocycles. The summed E-state index contributed by atoms with van der Waals surface area (Å²) in [5.74, 6) is 0.957. The van der Waals surface area contributed by atoms with Crippen LogP contribution in [0.4, 0.5) is 5.82 Å². The summed E-state index contributed by atoms with van der Waals surface area (Å²) in [4.78, 5) is 14.3. The molecule has 186 valence electrons. The van der Waals surface area contributed by atoms with Crippen LogP contribution in [0.2, 0.25) is 0 Å². The standard InChI is InChI=1S/C32H28N6/c1-3-11-25(12-4-1)30(28-17-9-13-24-10-7-8-16-27(24)28)36-18-20-37(21-19-36)31-29-22-35-38(32(29)34-23-33-31)26-14-5-2-6-15-26/h1-17,22-23,30H,18-21H2. The van der Waals surface area contributed by atoms with Gasteiger partial charge in [0.15, 0.2) is 5.65 Å². The number of rotatable bonds is 5. The average molecular weight is 497 g/mol. The number of hydrogen-bond acceptors (Lipinski definition) is 5. The zero-order valence-corrected chi connectivity index (χ0v) is 21.1. The van der Waals surface area contributed by atoms with Crippen LogP contribution in [0.5, 0.6) is 0 Å². The summed E-state index contributed by atoms with van der Waals surface area (Å²) < 4.78 is 1.89. The molecule has 1 atom stereocenters. The second-order valence-electron chi connectivity index (χ2n) is 9.73. The average Bonchev–Trinajstić information content (AvgIpc) is 3.43. The van der Waals surface area contributed by atoms with Crippen LogP contribution in [0.1, 0.15) is 17.2 Å². The fourth-order valence-corrected chi connectivity index (χ4v) is 5.75. The first-order valence-electron chi connectivity index (χ1n) is 13.1. The highest BCUT2D eigenvalue weighted by atomic mass is 15.3. The molecule has 0 spiro atoms. The van der Waals surface area contributed by atoms with Crippen LogP contribution in [-0.2, 0) is 0 Å². The molecule has 6 aromatic rings. The monoisotopic (exact) mass is 496 g/mol. The fraction of sp³-hybridized carbons (Fsp3) is 0.156. The molecular weight excluding hydrogens is 468 g/mol. The van der Waals surface area contributed by atoms with E-state index in [1.807, 2.05) is 41.2 Å². The van der Waals surface area contributed by atoms with Gasteiger partial charge in [0.25, 0.3) is 0 Å². The molecule has 2 aromatic heterocycles. The van der Waals surface area contributed by atoms with Crippen LogP contribution in [0.15, 0.2) is 116 Å². The number of aromatic nitrogens is 4. The van der Waals surface area contributed by atoms with E-state index in [-0.39, 0.29) is 6.04 Å². The van der Waals surface area contributed by atoms with E-state index in [1.165, 1.54) is 21.9 Å². The highest BCUT2D eigenvalue weighted by molar-refractivity contribution is 5.88. The molecule has 4 aromatic carbocycles. The number of para-hydroxylation sites is 1. The maximum absolute atomic E-state index is 4.71. The molecule has 3 heterocycles. The summed E-state index contributed by atoms with van der Waals surface area (Å²) in [5.41, 5.74) is 4.52. The summed E-state index contributed by atoms with van der Waals surface area (Å²) in [6.45, 7) is 3.63. The van der Waals surface area contributed by atoms with Crippen molar-refractivity contribution in [2.24, 2.45) is 0 Å². The first-order chi connectivity index (χ1) is 18.9. The highest BCUT2D eigenvalue weighted by Gasteiger charge is 2.29. The molecule has 1 unspecified atom stereocenters. The molecule has 7 rings (SSSR count). The molecule has 0 saturated carbocycles. The summed E-state index contributed by atoms with van der Waals surface area (Å²) in [7, 11) is 0. The number of piperazine rings is 1. The Kier molecular flexibility index (Phi) is 5.79. The summed E-state index contributed by atoms with van der Waals surface area (Å²) in [6, 6.07) is 36.6. The normalized spacial score (nSPS) is 15.2. The van der Waals surface area contributed by atoms with Crippen LogP contribution in [0.25, 0.3) is 27.5 Å². The molecule has 38 heavy (non-hydrogen) atoms. The molecule has 6 nitrogen and oxygen atoms in total. The van der Waals surface area contributed by atoms with Crippen LogP contribution in [-0.4, -0.2) is 50.8 Å². The van der Waals surface area contributed by atoms with Gasteiger partial charge in [0, 0.05) is 26.2 Å². The van der Waals surface area contributed by atoms with Gasteiger partial charge in [-0.05, 0) is 34.0 Å². The van der Waals surface area contributed by atoms with Gasteiger partial charge in [-0.25, -0.2) is 14.6 Å². The third kappa shape index (κ3) is 3.99. The molecular formula is C32H28N6. The van der Waals surface area contributed by atoms with E-state index < -0.39 is 0 Å². The van der Waals surface area contributed by atoms with Crippen molar-refractivity contribution in [3.8, 4) is 5.69 Å². The van der Waals surface area contributed by atoms with Gasteiger partial charge in [-0.3, -0.25) is 4.90 Å². The SMILES string of the molecule is c1ccc(C(c2cccc3ccccc23)N2CCN(c3ncnc4c3cnn4-c3ccccc3)CC2)cc1. The highest BCUT2D eigenvalue weighted by Crippen LogP contribution is 2.35. The first-order valence-corrected chi connectivity index (χ1v) is 13.1. The Morgan fingerprint density at radius 2 is 1.34 bits per heavy atom. The Morgan fingerprint density at radius 3 is 2.16 bits per heavy atom. The molecule has 0 aliphatic carbocycles. The number of benzene rings is 4. The second kappa shape index (κ2) is 9.72. The van der Waals surface area contributed by atoms with Crippen molar-refractivity contribution in [2.45, 2.75) is 6.04 Å². The van der Waals surface area contributed by atoms with E-state index in [1.54, 1.807) is 6.33 Å². The first kappa shape index (κ1) is 22.6. The third-order valence-corrected chi connectivity index (χ3v) is 7.56. The maximum Gasteiger partial charge on any atom is 0.168 e. The number of fused-ring (bicyclic) bond motifs is 2. The number of anilines is 1. The largest absolute Gasteiger partial charge is 0.353 e. The van der Waals surface area contributed by atoms with Gasteiger partial charge in [-0.1, -0.05) is 91.0 Å². The van der Waals surface area contributed by atoms with Crippen molar-refractivity contribution in [2.75, 3.05) is 31.1 Å². The predicted molar refractivity (Wildman–Crippen MR) is 153 cm³/mol. The van der Waals surface area contributed by atoms with Gasteiger partial charge in [-0.15, -0.1) is 0 Å². The third-order valence-electron chi connectivity index (χ3n) is 7.56. The second-order valence-corrected chi connectivity index (χ2v) is 9.73. The fourth-order valence-electron chi connectivity index (χ4n) is 5.75. The molecule has 0 amide bonds. The zero-order valence-electron chi connectivity index (χ0n) is 21.1. The van der Waals surface area contributed by atoms with E-state index in [2.05, 4.69) is 92.7 Å². The van der Waals surface area contributed by atoms with Crippen molar-refractivity contribution in [3.05, 3.63) is 127 Å². The molecule has 1 fully saturated rings. The topological polar surface area (TPSA) is 50.1 Å². The summed E-state index contributed by atoms with van der Waals surface area (Å²) in [5, 5.41) is 8.23. The number of nitrogens with zero attached hydrogens (tertiary/aromatic N) is 6. The quantitative estimate of drug-likeness (QED) is 0.298. The Bertz CT molecular complexity index is 1680. The zero-order chi connectivity index (χ0) is 25.3. The van der Waals surface area contributed by atoms with E-state index in [0.717, 1.165) is 48.7 Å². The Hall–Kier alpha value is -4.55. The minimum atomic E-state index is 0.190. The summed E-state index contributed by atoms with van der Waals surface area (Å²) in [6.07, 6.45) is 3.56.